The minimum Gasteiger partial charge on any atom is -0.421 e. The van der Waals surface area contributed by atoms with Gasteiger partial charge < -0.3 is 9.73 Å². The maximum atomic E-state index is 12.3. The molecule has 0 aliphatic carbocycles. The van der Waals surface area contributed by atoms with Crippen LogP contribution in [0, 0.1) is 6.92 Å². The van der Waals surface area contributed by atoms with E-state index in [1.807, 2.05) is 37.3 Å². The molecule has 1 aromatic heterocycles. The minimum atomic E-state index is 0.0339. The number of hydrogen-bond donors (Lipinski definition) is 1. The van der Waals surface area contributed by atoms with Gasteiger partial charge in [-0.05, 0) is 31.0 Å². The monoisotopic (exact) mass is 390 g/mol. The van der Waals surface area contributed by atoms with Crippen molar-refractivity contribution in [1.82, 2.24) is 20.4 Å². The normalized spacial score (nSPS) is 16.8. The van der Waals surface area contributed by atoms with Crippen LogP contribution in [0.15, 0.2) is 59.0 Å². The number of likely N-dealkylation sites (tertiary alicyclic amines) is 1. The highest BCUT2D eigenvalue weighted by Gasteiger charge is 2.23. The Bertz CT molecular complexity index is 937. The van der Waals surface area contributed by atoms with Gasteiger partial charge in [0.15, 0.2) is 0 Å². The van der Waals surface area contributed by atoms with Crippen LogP contribution in [0.2, 0.25) is 0 Å². The Hall–Kier alpha value is -2.99. The highest BCUT2D eigenvalue weighted by Crippen LogP contribution is 2.19. The molecule has 3 aromatic rings. The van der Waals surface area contributed by atoms with E-state index in [1.165, 1.54) is 11.1 Å². The number of aryl methyl sites for hydroxylation is 2. The summed E-state index contributed by atoms with van der Waals surface area (Å²) >= 11 is 0. The van der Waals surface area contributed by atoms with E-state index in [-0.39, 0.29) is 11.9 Å². The number of hydrogen-bond acceptors (Lipinski definition) is 5. The summed E-state index contributed by atoms with van der Waals surface area (Å²) in [5, 5.41) is 11.3. The second-order valence-electron chi connectivity index (χ2n) is 7.64. The van der Waals surface area contributed by atoms with Crippen molar-refractivity contribution in [3.8, 4) is 11.5 Å². The van der Waals surface area contributed by atoms with Crippen molar-refractivity contribution >= 4 is 5.91 Å². The molecule has 1 atom stereocenters. The van der Waals surface area contributed by atoms with Crippen molar-refractivity contribution in [2.24, 2.45) is 0 Å². The first-order valence-corrected chi connectivity index (χ1v) is 10.1. The molecule has 6 heteroatoms. The van der Waals surface area contributed by atoms with Crippen LogP contribution in [0.4, 0.5) is 0 Å². The summed E-state index contributed by atoms with van der Waals surface area (Å²) in [7, 11) is 0. The lowest BCUT2D eigenvalue weighted by atomic mass is 10.1. The summed E-state index contributed by atoms with van der Waals surface area (Å²) < 4.78 is 5.70. The van der Waals surface area contributed by atoms with Crippen LogP contribution in [0.25, 0.3) is 11.5 Å². The van der Waals surface area contributed by atoms with Gasteiger partial charge in [-0.1, -0.05) is 48.0 Å². The molecule has 0 unspecified atom stereocenters. The van der Waals surface area contributed by atoms with Gasteiger partial charge in [-0.15, -0.1) is 10.2 Å². The first-order chi connectivity index (χ1) is 14.2. The third-order valence-electron chi connectivity index (χ3n) is 5.22. The molecule has 0 bridgehead atoms. The van der Waals surface area contributed by atoms with Crippen LogP contribution in [0.5, 0.6) is 0 Å². The average Bonchev–Trinajstić information content (AvgIpc) is 3.37. The first kappa shape index (κ1) is 19.3. The van der Waals surface area contributed by atoms with Crippen molar-refractivity contribution in [2.45, 2.75) is 38.8 Å². The summed E-state index contributed by atoms with van der Waals surface area (Å²) in [5.74, 6) is 1.02. The molecule has 150 valence electrons. The van der Waals surface area contributed by atoms with E-state index >= 15 is 0 Å². The fourth-order valence-electron chi connectivity index (χ4n) is 3.62. The minimum absolute atomic E-state index is 0.0339. The Morgan fingerprint density at radius 1 is 1.14 bits per heavy atom. The Labute approximate surface area is 170 Å². The zero-order valence-corrected chi connectivity index (χ0v) is 16.7. The maximum absolute atomic E-state index is 12.3. The molecule has 1 aliphatic heterocycles. The topological polar surface area (TPSA) is 71.3 Å². The second-order valence-corrected chi connectivity index (χ2v) is 7.64. The molecule has 4 rings (SSSR count). The number of nitrogens with one attached hydrogen (secondary N) is 1. The van der Waals surface area contributed by atoms with Crippen LogP contribution in [0.3, 0.4) is 0 Å². The van der Waals surface area contributed by atoms with Crippen molar-refractivity contribution in [3.05, 3.63) is 71.6 Å². The van der Waals surface area contributed by atoms with Gasteiger partial charge in [0, 0.05) is 44.1 Å². The number of rotatable bonds is 7. The van der Waals surface area contributed by atoms with Gasteiger partial charge in [0.25, 0.3) is 0 Å². The van der Waals surface area contributed by atoms with Crippen LogP contribution >= 0.6 is 0 Å². The highest BCUT2D eigenvalue weighted by atomic mass is 16.4. The molecule has 2 heterocycles. The van der Waals surface area contributed by atoms with Gasteiger partial charge in [-0.3, -0.25) is 9.69 Å². The fourth-order valence-corrected chi connectivity index (χ4v) is 3.62. The van der Waals surface area contributed by atoms with Gasteiger partial charge in [-0.25, -0.2) is 0 Å². The van der Waals surface area contributed by atoms with E-state index in [9.17, 15) is 4.79 Å². The van der Waals surface area contributed by atoms with E-state index in [4.69, 9.17) is 4.42 Å². The average molecular weight is 390 g/mol. The lowest BCUT2D eigenvalue weighted by Gasteiger charge is -2.16. The third-order valence-corrected chi connectivity index (χ3v) is 5.22. The predicted octanol–water partition coefficient (Wildman–Crippen LogP) is 3.37. The van der Waals surface area contributed by atoms with Gasteiger partial charge in [0.2, 0.25) is 17.7 Å². The SMILES string of the molecule is Cc1ccc(-c2nnc(CCC(=O)N[C@H]3CCN(Cc4ccccc4)C3)o2)cc1. The van der Waals surface area contributed by atoms with E-state index in [0.717, 1.165) is 31.6 Å². The Balaban J connectivity index is 1.22. The van der Waals surface area contributed by atoms with Crippen molar-refractivity contribution in [2.75, 3.05) is 13.1 Å². The van der Waals surface area contributed by atoms with Crippen LogP contribution < -0.4 is 5.32 Å². The highest BCUT2D eigenvalue weighted by molar-refractivity contribution is 5.76. The molecule has 2 aromatic carbocycles. The first-order valence-electron chi connectivity index (χ1n) is 10.1. The van der Waals surface area contributed by atoms with Crippen LogP contribution in [-0.2, 0) is 17.8 Å². The lowest BCUT2D eigenvalue weighted by molar-refractivity contribution is -0.121. The van der Waals surface area contributed by atoms with Gasteiger partial charge in [0.1, 0.15) is 0 Å². The van der Waals surface area contributed by atoms with E-state index < -0.39 is 0 Å². The molecule has 6 nitrogen and oxygen atoms in total. The molecule has 0 radical (unpaired) electrons. The van der Waals surface area contributed by atoms with E-state index in [0.29, 0.717) is 24.6 Å². The molecule has 1 N–H and O–H groups in total. The van der Waals surface area contributed by atoms with Crippen molar-refractivity contribution in [1.29, 1.82) is 0 Å². The number of benzene rings is 2. The molecule has 1 amide bonds. The molecule has 0 spiro atoms. The molecule has 29 heavy (non-hydrogen) atoms. The lowest BCUT2D eigenvalue weighted by Crippen LogP contribution is -2.37. The molecular weight excluding hydrogens is 364 g/mol. The predicted molar refractivity (Wildman–Crippen MR) is 111 cm³/mol. The Morgan fingerprint density at radius 3 is 2.72 bits per heavy atom. The number of aromatic nitrogens is 2. The second kappa shape index (κ2) is 9.01. The van der Waals surface area contributed by atoms with Gasteiger partial charge in [-0.2, -0.15) is 0 Å². The van der Waals surface area contributed by atoms with Crippen LogP contribution in [0.1, 0.15) is 29.9 Å². The number of carbonyl (C=O) groups is 1. The molecule has 0 saturated carbocycles. The van der Waals surface area contributed by atoms with Crippen molar-refractivity contribution < 1.29 is 9.21 Å². The van der Waals surface area contributed by atoms with Crippen LogP contribution in [-0.4, -0.2) is 40.1 Å². The quantitative estimate of drug-likeness (QED) is 0.670. The van der Waals surface area contributed by atoms with Crippen molar-refractivity contribution in [3.63, 3.8) is 0 Å². The number of carbonyl (C=O) groups excluding carboxylic acids is 1. The molecular formula is C23H26N4O2. The number of nitrogens with zero attached hydrogens (tertiary/aromatic N) is 3. The summed E-state index contributed by atoms with van der Waals surface area (Å²) in [5.41, 5.74) is 3.38. The number of amides is 1. The zero-order valence-electron chi connectivity index (χ0n) is 16.7. The standard InChI is InChI=1S/C23H26N4O2/c1-17-7-9-19(10-8-17)23-26-25-22(29-23)12-11-21(28)24-20-13-14-27(16-20)15-18-5-3-2-4-6-18/h2-10,20H,11-16H2,1H3,(H,24,28)/t20-/m0/s1. The third kappa shape index (κ3) is 5.29. The van der Waals surface area contributed by atoms with E-state index in [2.05, 4.69) is 44.7 Å². The largest absolute Gasteiger partial charge is 0.421 e. The van der Waals surface area contributed by atoms with Gasteiger partial charge >= 0.3 is 0 Å². The van der Waals surface area contributed by atoms with Gasteiger partial charge in [0.05, 0.1) is 0 Å². The fraction of sp³-hybridized carbons (Fsp3) is 0.348. The van der Waals surface area contributed by atoms with E-state index in [1.54, 1.807) is 0 Å². The summed E-state index contributed by atoms with van der Waals surface area (Å²) in [6, 6.07) is 18.6. The smallest absolute Gasteiger partial charge is 0.247 e. The Kier molecular flexibility index (Phi) is 6.00. The summed E-state index contributed by atoms with van der Waals surface area (Å²) in [6.07, 6.45) is 1.78. The zero-order chi connectivity index (χ0) is 20.1. The molecule has 1 fully saturated rings. The summed E-state index contributed by atoms with van der Waals surface area (Å²) in [4.78, 5) is 14.7. The summed E-state index contributed by atoms with van der Waals surface area (Å²) in [6.45, 7) is 4.85. The molecule has 1 aliphatic rings. The maximum Gasteiger partial charge on any atom is 0.247 e. The molecule has 1 saturated heterocycles. The Morgan fingerprint density at radius 2 is 1.93 bits per heavy atom.